The number of anilines is 1. The minimum atomic E-state index is -1.31. The number of ketones is 1. The lowest BCUT2D eigenvalue weighted by atomic mass is 9.69. The molecule has 0 aromatic heterocycles. The number of hydrogen-bond donors (Lipinski definition) is 1. The van der Waals surface area contributed by atoms with Crippen molar-refractivity contribution < 1.29 is 23.5 Å². The van der Waals surface area contributed by atoms with Crippen LogP contribution in [0.1, 0.15) is 27.4 Å². The van der Waals surface area contributed by atoms with Gasteiger partial charge in [-0.15, -0.1) is 11.8 Å². The van der Waals surface area contributed by atoms with Crippen LogP contribution in [-0.4, -0.2) is 41.1 Å². The Bertz CT molecular complexity index is 1380. The predicted octanol–water partition coefficient (Wildman–Crippen LogP) is 4.37. The number of thioether (sulfide) groups is 1. The minimum absolute atomic E-state index is 0.0506. The molecule has 0 aliphatic carbocycles. The Labute approximate surface area is 205 Å². The first-order valence-corrected chi connectivity index (χ1v) is 12.7. The van der Waals surface area contributed by atoms with E-state index >= 15 is 0 Å². The summed E-state index contributed by atoms with van der Waals surface area (Å²) in [6, 6.07) is 19.3. The second-order valence-corrected chi connectivity index (χ2v) is 10.3. The molecule has 1 N–H and O–H groups in total. The van der Waals surface area contributed by atoms with E-state index in [4.69, 9.17) is 9.47 Å². The van der Waals surface area contributed by atoms with Crippen molar-refractivity contribution in [1.29, 1.82) is 0 Å². The fourth-order valence-electron chi connectivity index (χ4n) is 6.33. The molecule has 4 heterocycles. The molecule has 3 aromatic carbocycles. The number of halogens is 1. The van der Waals surface area contributed by atoms with Gasteiger partial charge in [0, 0.05) is 40.4 Å². The summed E-state index contributed by atoms with van der Waals surface area (Å²) >= 11 is 1.74. The van der Waals surface area contributed by atoms with E-state index in [2.05, 4.69) is 10.2 Å². The van der Waals surface area contributed by atoms with Crippen LogP contribution in [0, 0.1) is 11.7 Å². The molecule has 1 spiro atoms. The maximum Gasteiger partial charge on any atom is 0.250 e. The van der Waals surface area contributed by atoms with Crippen LogP contribution in [0.15, 0.2) is 66.7 Å². The van der Waals surface area contributed by atoms with Crippen molar-refractivity contribution in [3.05, 3.63) is 89.2 Å². The molecular formula is C27H21FN2O4S. The van der Waals surface area contributed by atoms with Crippen LogP contribution in [0.5, 0.6) is 11.5 Å². The van der Waals surface area contributed by atoms with E-state index in [-0.39, 0.29) is 30.4 Å². The second-order valence-electron chi connectivity index (χ2n) is 9.29. The minimum Gasteiger partial charge on any atom is -0.454 e. The van der Waals surface area contributed by atoms with Gasteiger partial charge in [-0.2, -0.15) is 0 Å². The first-order valence-electron chi connectivity index (χ1n) is 11.5. The molecule has 0 saturated carbocycles. The standard InChI is InChI=1S/C27H21FN2O4S/c28-17-7-8-19-18(11-17)27(26(32)29-19)24(25(31)16-6-9-21-22(10-16)34-14-33-21)23(15-4-2-1-3-5-15)20-12-35-13-30(20)27/h1-11,20,23-24H,12-14H2,(H,29,32)/t20-,23-,24+,27-/m1/s1. The van der Waals surface area contributed by atoms with Gasteiger partial charge >= 0.3 is 0 Å². The highest BCUT2D eigenvalue weighted by molar-refractivity contribution is 7.99. The summed E-state index contributed by atoms with van der Waals surface area (Å²) in [5.41, 5.74) is 1.24. The lowest BCUT2D eigenvalue weighted by Crippen LogP contribution is -2.52. The summed E-state index contributed by atoms with van der Waals surface area (Å²) in [5.74, 6) is 0.602. The zero-order valence-corrected chi connectivity index (χ0v) is 19.4. The quantitative estimate of drug-likeness (QED) is 0.553. The molecule has 0 radical (unpaired) electrons. The Kier molecular flexibility index (Phi) is 4.53. The number of carbonyl (C=O) groups excluding carboxylic acids is 2. The smallest absolute Gasteiger partial charge is 0.250 e. The molecule has 7 rings (SSSR count). The van der Waals surface area contributed by atoms with Crippen LogP contribution in [0.3, 0.4) is 0 Å². The zero-order chi connectivity index (χ0) is 23.7. The molecule has 3 aromatic rings. The molecule has 2 fully saturated rings. The summed E-state index contributed by atoms with van der Waals surface area (Å²) in [6.45, 7) is 0.106. The Balaban J connectivity index is 1.47. The van der Waals surface area contributed by atoms with Crippen molar-refractivity contribution in [2.24, 2.45) is 5.92 Å². The van der Waals surface area contributed by atoms with Gasteiger partial charge in [0.1, 0.15) is 11.4 Å². The molecule has 4 aliphatic rings. The monoisotopic (exact) mass is 488 g/mol. The highest BCUT2D eigenvalue weighted by atomic mass is 32.2. The summed E-state index contributed by atoms with van der Waals surface area (Å²) in [5, 5.41) is 2.97. The highest BCUT2D eigenvalue weighted by Gasteiger charge is 2.69. The Hall–Kier alpha value is -3.36. The molecular weight excluding hydrogens is 467 g/mol. The van der Waals surface area contributed by atoms with Crippen molar-refractivity contribution in [2.45, 2.75) is 17.5 Å². The van der Waals surface area contributed by atoms with Gasteiger partial charge in [0.15, 0.2) is 17.3 Å². The van der Waals surface area contributed by atoms with Crippen LogP contribution in [0.25, 0.3) is 0 Å². The molecule has 2 saturated heterocycles. The average molecular weight is 489 g/mol. The van der Waals surface area contributed by atoms with Crippen molar-refractivity contribution in [3.63, 3.8) is 0 Å². The van der Waals surface area contributed by atoms with E-state index in [0.29, 0.717) is 34.2 Å². The number of hydrogen-bond acceptors (Lipinski definition) is 6. The van der Waals surface area contributed by atoms with Gasteiger partial charge in [0.2, 0.25) is 12.7 Å². The van der Waals surface area contributed by atoms with E-state index in [1.54, 1.807) is 36.0 Å². The second kappa shape index (κ2) is 7.57. The molecule has 8 heteroatoms. The average Bonchev–Trinajstić information content (AvgIpc) is 3.63. The molecule has 35 heavy (non-hydrogen) atoms. The number of rotatable bonds is 3. The molecule has 0 unspecified atom stereocenters. The summed E-state index contributed by atoms with van der Waals surface area (Å²) < 4.78 is 25.6. The lowest BCUT2D eigenvalue weighted by Gasteiger charge is -2.36. The zero-order valence-electron chi connectivity index (χ0n) is 18.6. The van der Waals surface area contributed by atoms with Gasteiger partial charge in [-0.3, -0.25) is 14.5 Å². The first-order chi connectivity index (χ1) is 17.1. The Morgan fingerprint density at radius 3 is 2.74 bits per heavy atom. The van der Waals surface area contributed by atoms with Crippen molar-refractivity contribution in [2.75, 3.05) is 23.7 Å². The molecule has 176 valence electrons. The van der Waals surface area contributed by atoms with E-state index in [1.165, 1.54) is 12.1 Å². The maximum absolute atomic E-state index is 14.6. The van der Waals surface area contributed by atoms with Gasteiger partial charge < -0.3 is 14.8 Å². The van der Waals surface area contributed by atoms with Crippen LogP contribution in [0.4, 0.5) is 10.1 Å². The summed E-state index contributed by atoms with van der Waals surface area (Å²) in [6.07, 6.45) is 0. The van der Waals surface area contributed by atoms with Crippen LogP contribution in [-0.2, 0) is 10.3 Å². The fourth-order valence-corrected chi connectivity index (χ4v) is 7.65. The van der Waals surface area contributed by atoms with Crippen LogP contribution >= 0.6 is 11.8 Å². The van der Waals surface area contributed by atoms with Gasteiger partial charge in [-0.25, -0.2) is 4.39 Å². The molecule has 1 amide bonds. The molecule has 4 aliphatic heterocycles. The van der Waals surface area contributed by atoms with Crippen LogP contribution < -0.4 is 14.8 Å². The molecule has 4 atom stereocenters. The van der Waals surface area contributed by atoms with Gasteiger partial charge in [0.05, 0.1) is 5.92 Å². The number of nitrogens with one attached hydrogen (secondary N) is 1. The number of fused-ring (bicyclic) bond motifs is 5. The Morgan fingerprint density at radius 1 is 1.06 bits per heavy atom. The summed E-state index contributed by atoms with van der Waals surface area (Å²) in [7, 11) is 0. The number of carbonyl (C=O) groups is 2. The van der Waals surface area contributed by atoms with E-state index in [0.717, 1.165) is 11.3 Å². The number of Topliss-reactive ketones (excluding diaryl/α,β-unsaturated/α-hetero) is 1. The van der Waals surface area contributed by atoms with Crippen molar-refractivity contribution in [1.82, 2.24) is 4.90 Å². The fraction of sp³-hybridized carbons (Fsp3) is 0.259. The summed E-state index contributed by atoms with van der Waals surface area (Å²) in [4.78, 5) is 30.5. The van der Waals surface area contributed by atoms with Crippen molar-refractivity contribution in [3.8, 4) is 11.5 Å². The molecule has 6 nitrogen and oxygen atoms in total. The van der Waals surface area contributed by atoms with Crippen LogP contribution in [0.2, 0.25) is 0 Å². The SMILES string of the molecule is O=C(c1ccc2c(c1)OCO2)[C@@H]1[C@H](c2ccccc2)[C@H]2CSCN2[C@@]12C(=O)Nc1ccc(F)cc12. The van der Waals surface area contributed by atoms with Gasteiger partial charge in [-0.05, 0) is 42.0 Å². The Morgan fingerprint density at radius 2 is 1.89 bits per heavy atom. The first kappa shape index (κ1) is 21.0. The van der Waals surface area contributed by atoms with Gasteiger partial charge in [0.25, 0.3) is 0 Å². The topological polar surface area (TPSA) is 67.9 Å². The number of benzene rings is 3. The number of ether oxygens (including phenoxy) is 2. The third-order valence-electron chi connectivity index (χ3n) is 7.71. The van der Waals surface area contributed by atoms with E-state index < -0.39 is 17.3 Å². The van der Waals surface area contributed by atoms with Crippen molar-refractivity contribution >= 4 is 29.1 Å². The number of amides is 1. The normalized spacial score (nSPS) is 28.3. The number of nitrogens with zero attached hydrogens (tertiary/aromatic N) is 1. The largest absolute Gasteiger partial charge is 0.454 e. The third-order valence-corrected chi connectivity index (χ3v) is 8.74. The third kappa shape index (κ3) is 2.81. The predicted molar refractivity (Wildman–Crippen MR) is 129 cm³/mol. The lowest BCUT2D eigenvalue weighted by molar-refractivity contribution is -0.127. The highest BCUT2D eigenvalue weighted by Crippen LogP contribution is 2.61. The van der Waals surface area contributed by atoms with Gasteiger partial charge in [-0.1, -0.05) is 30.3 Å². The van der Waals surface area contributed by atoms with E-state index in [9.17, 15) is 14.0 Å². The van der Waals surface area contributed by atoms with E-state index in [1.807, 2.05) is 30.3 Å². The molecule has 0 bridgehead atoms. The maximum atomic E-state index is 14.6.